The van der Waals surface area contributed by atoms with Crippen molar-refractivity contribution in [1.82, 2.24) is 14.3 Å². The summed E-state index contributed by atoms with van der Waals surface area (Å²) in [5.74, 6) is 11.6. The molecule has 0 spiro atoms. The molecule has 37 heavy (non-hydrogen) atoms. The number of alkyl halides is 3. The quantitative estimate of drug-likeness (QED) is 0.0752. The van der Waals surface area contributed by atoms with Gasteiger partial charge in [-0.15, -0.1) is 0 Å². The Morgan fingerprint density at radius 2 is 2.11 bits per heavy atom. The number of hydrogen-bond donors (Lipinski definition) is 4. The SMILES string of the molecule is CNc1cccc(/C(=N/N)N(N)C(C)CO)n1.O=Cc1cc2c(cc1F)CCN(SCCC(F)(F)F)C2. The van der Waals surface area contributed by atoms with E-state index < -0.39 is 18.4 Å². The summed E-state index contributed by atoms with van der Waals surface area (Å²) in [6, 6.07) is 7.91. The van der Waals surface area contributed by atoms with E-state index >= 15 is 0 Å². The van der Waals surface area contributed by atoms with Crippen molar-refractivity contribution in [2.75, 3.05) is 31.3 Å². The van der Waals surface area contributed by atoms with E-state index in [9.17, 15) is 22.4 Å². The second-order valence-electron chi connectivity index (χ2n) is 8.12. The molecular weight excluding hydrogens is 514 g/mol. The van der Waals surface area contributed by atoms with Crippen LogP contribution in [0.4, 0.5) is 23.4 Å². The van der Waals surface area contributed by atoms with E-state index in [1.54, 1.807) is 20.0 Å². The molecule has 0 radical (unpaired) electrons. The van der Waals surface area contributed by atoms with Crippen LogP contribution in [0, 0.1) is 5.82 Å². The molecule has 0 fully saturated rings. The molecule has 0 saturated heterocycles. The van der Waals surface area contributed by atoms with Crippen LogP contribution in [-0.4, -0.2) is 69.7 Å². The van der Waals surface area contributed by atoms with Crippen LogP contribution in [-0.2, 0) is 13.0 Å². The van der Waals surface area contributed by atoms with E-state index in [2.05, 4.69) is 15.4 Å². The topological polar surface area (TPSA) is 133 Å². The molecular formula is C23H31F4N7O2S. The number of nitrogens with one attached hydrogen (secondary N) is 1. The van der Waals surface area contributed by atoms with Crippen molar-refractivity contribution < 1.29 is 27.5 Å². The number of amidine groups is 1. The molecule has 204 valence electrons. The Balaban J connectivity index is 0.000000264. The van der Waals surface area contributed by atoms with Gasteiger partial charge in [0.05, 0.1) is 24.6 Å². The molecule has 1 aliphatic rings. The number of aliphatic hydroxyl groups is 1. The van der Waals surface area contributed by atoms with Gasteiger partial charge >= 0.3 is 6.18 Å². The minimum absolute atomic E-state index is 0.00843. The minimum Gasteiger partial charge on any atom is -0.394 e. The number of aliphatic hydroxyl groups excluding tert-OH is 1. The van der Waals surface area contributed by atoms with Crippen LogP contribution in [0.2, 0.25) is 0 Å². The smallest absolute Gasteiger partial charge is 0.389 e. The van der Waals surface area contributed by atoms with Gasteiger partial charge in [0.1, 0.15) is 17.3 Å². The molecule has 1 aromatic heterocycles. The van der Waals surface area contributed by atoms with Gasteiger partial charge in [0, 0.05) is 25.9 Å². The Morgan fingerprint density at radius 3 is 2.70 bits per heavy atom. The normalized spacial score (nSPS) is 14.8. The molecule has 1 atom stereocenters. The van der Waals surface area contributed by atoms with Gasteiger partial charge in [-0.1, -0.05) is 18.0 Å². The Labute approximate surface area is 217 Å². The first-order chi connectivity index (χ1) is 17.5. The van der Waals surface area contributed by atoms with Crippen LogP contribution in [0.15, 0.2) is 35.4 Å². The highest BCUT2D eigenvalue weighted by molar-refractivity contribution is 7.96. The van der Waals surface area contributed by atoms with E-state index in [1.807, 2.05) is 16.4 Å². The zero-order valence-corrected chi connectivity index (χ0v) is 21.3. The number of halogens is 4. The fraction of sp³-hybridized carbons (Fsp3) is 0.435. The second kappa shape index (κ2) is 14.1. The maximum Gasteiger partial charge on any atom is 0.389 e. The summed E-state index contributed by atoms with van der Waals surface area (Å²) in [5, 5.41) is 16.9. The fourth-order valence-corrected chi connectivity index (χ4v) is 4.36. The number of benzene rings is 1. The van der Waals surface area contributed by atoms with E-state index in [4.69, 9.17) is 16.8 Å². The molecule has 2 aromatic rings. The first-order valence-corrected chi connectivity index (χ1v) is 12.3. The largest absolute Gasteiger partial charge is 0.394 e. The van der Waals surface area contributed by atoms with Crippen molar-refractivity contribution in [1.29, 1.82) is 0 Å². The van der Waals surface area contributed by atoms with Crippen LogP contribution >= 0.6 is 11.9 Å². The van der Waals surface area contributed by atoms with Gasteiger partial charge in [-0.2, -0.15) is 18.3 Å². The summed E-state index contributed by atoms with van der Waals surface area (Å²) < 4.78 is 51.5. The standard InChI is InChI=1S/C13H13F4NOS.C10H18N6O/c14-12-6-9-1-3-18(20-4-2-13(15,16)17)7-10(9)5-11(12)8-19;1-7(6-17)16(12)10(15-11)8-4-3-5-9(13-2)14-8/h5-6,8H,1-4,7H2;3-5,7,17H,6,11-12H2,1-2H3,(H,13,14)/b;15-10-. The number of hydrazine groups is 1. The third-order valence-electron chi connectivity index (χ3n) is 5.42. The molecule has 1 aromatic carbocycles. The Bertz CT molecular complexity index is 1070. The second-order valence-corrected chi connectivity index (χ2v) is 9.30. The van der Waals surface area contributed by atoms with Crippen molar-refractivity contribution in [3.8, 4) is 0 Å². The molecule has 2 heterocycles. The van der Waals surface area contributed by atoms with Gasteiger partial charge in [0.15, 0.2) is 12.1 Å². The lowest BCUT2D eigenvalue weighted by molar-refractivity contribution is -0.129. The first kappa shape index (κ1) is 30.3. The Hall–Kier alpha value is -2.94. The third-order valence-corrected chi connectivity index (χ3v) is 6.49. The highest BCUT2D eigenvalue weighted by atomic mass is 32.2. The van der Waals surface area contributed by atoms with Gasteiger partial charge in [0.2, 0.25) is 0 Å². The number of carbonyl (C=O) groups excluding carboxylic acids is 1. The van der Waals surface area contributed by atoms with Crippen molar-refractivity contribution >= 4 is 29.9 Å². The number of nitrogens with two attached hydrogens (primary N) is 2. The number of rotatable bonds is 8. The summed E-state index contributed by atoms with van der Waals surface area (Å²) in [5.41, 5.74) is 2.16. The Morgan fingerprint density at radius 1 is 1.38 bits per heavy atom. The molecule has 1 unspecified atom stereocenters. The Kier molecular flexibility index (Phi) is 11.6. The van der Waals surface area contributed by atoms with Gasteiger partial charge in [-0.05, 0) is 48.7 Å². The lowest BCUT2D eigenvalue weighted by atomic mass is 9.98. The van der Waals surface area contributed by atoms with Crippen molar-refractivity contribution in [2.45, 2.75) is 38.5 Å². The molecule has 0 aliphatic carbocycles. The molecule has 1 aliphatic heterocycles. The number of pyridine rings is 1. The van der Waals surface area contributed by atoms with E-state index in [-0.39, 0.29) is 24.0 Å². The minimum atomic E-state index is -4.14. The average Bonchev–Trinajstić information content (AvgIpc) is 2.88. The third kappa shape index (κ3) is 9.14. The zero-order chi connectivity index (χ0) is 27.6. The van der Waals surface area contributed by atoms with Gasteiger partial charge in [-0.25, -0.2) is 19.5 Å². The van der Waals surface area contributed by atoms with E-state index in [0.717, 1.165) is 23.1 Å². The summed E-state index contributed by atoms with van der Waals surface area (Å²) in [7, 11) is 1.77. The van der Waals surface area contributed by atoms with Crippen LogP contribution in [0.1, 0.15) is 40.5 Å². The first-order valence-electron chi connectivity index (χ1n) is 11.3. The number of carbonyl (C=O) groups is 1. The van der Waals surface area contributed by atoms with E-state index in [1.165, 1.54) is 17.1 Å². The van der Waals surface area contributed by atoms with Crippen molar-refractivity contribution in [2.24, 2.45) is 16.8 Å². The predicted octanol–water partition coefficient (Wildman–Crippen LogP) is 2.90. The van der Waals surface area contributed by atoms with Gasteiger partial charge in [0.25, 0.3) is 0 Å². The maximum absolute atomic E-state index is 13.4. The number of aldehydes is 1. The average molecular weight is 546 g/mol. The van der Waals surface area contributed by atoms with Gasteiger partial charge in [-0.3, -0.25) is 9.80 Å². The van der Waals surface area contributed by atoms with Crippen LogP contribution < -0.4 is 17.0 Å². The van der Waals surface area contributed by atoms with Crippen LogP contribution in [0.25, 0.3) is 0 Å². The summed E-state index contributed by atoms with van der Waals surface area (Å²) in [6.07, 6.45) is -3.95. The molecule has 0 amide bonds. The number of nitrogens with zero attached hydrogens (tertiary/aromatic N) is 4. The van der Waals surface area contributed by atoms with Crippen molar-refractivity contribution in [3.63, 3.8) is 0 Å². The predicted molar refractivity (Wildman–Crippen MR) is 136 cm³/mol. The van der Waals surface area contributed by atoms with E-state index in [0.29, 0.717) is 43.1 Å². The van der Waals surface area contributed by atoms with Crippen LogP contribution in [0.5, 0.6) is 0 Å². The highest BCUT2D eigenvalue weighted by Gasteiger charge is 2.27. The number of hydrazone groups is 1. The lowest BCUT2D eigenvalue weighted by Crippen LogP contribution is -2.47. The number of fused-ring (bicyclic) bond motifs is 1. The number of anilines is 1. The monoisotopic (exact) mass is 545 g/mol. The van der Waals surface area contributed by atoms with Crippen LogP contribution in [0.3, 0.4) is 0 Å². The highest BCUT2D eigenvalue weighted by Crippen LogP contribution is 2.29. The molecule has 9 nitrogen and oxygen atoms in total. The molecule has 6 N–H and O–H groups in total. The summed E-state index contributed by atoms with van der Waals surface area (Å²) >= 11 is 1.14. The van der Waals surface area contributed by atoms with Gasteiger partial charge < -0.3 is 16.3 Å². The summed E-state index contributed by atoms with van der Waals surface area (Å²) in [4.78, 5) is 15.0. The lowest BCUT2D eigenvalue weighted by Gasteiger charge is -2.28. The molecule has 14 heteroatoms. The molecule has 3 rings (SSSR count). The van der Waals surface area contributed by atoms with Crippen molar-refractivity contribution in [3.05, 3.63) is 58.5 Å². The number of hydrogen-bond acceptors (Lipinski definition) is 9. The summed E-state index contributed by atoms with van der Waals surface area (Å²) in [6.45, 7) is 2.67. The maximum atomic E-state index is 13.4. The number of aromatic nitrogens is 1. The fourth-order valence-electron chi connectivity index (χ4n) is 3.32. The zero-order valence-electron chi connectivity index (χ0n) is 20.5. The molecule has 0 bridgehead atoms. The molecule has 0 saturated carbocycles.